The van der Waals surface area contributed by atoms with E-state index in [2.05, 4.69) is 26.1 Å². The minimum atomic E-state index is -3.53. The molecule has 5 nitrogen and oxygen atoms in total. The van der Waals surface area contributed by atoms with E-state index in [1.165, 1.54) is 4.31 Å². The van der Waals surface area contributed by atoms with Crippen LogP contribution in [0.2, 0.25) is 0 Å². The number of carbonyl (C=O) groups excluding carboxylic acids is 1. The number of hydrogen-bond donors (Lipinski definition) is 1. The summed E-state index contributed by atoms with van der Waals surface area (Å²) in [5, 5.41) is 3.08. The van der Waals surface area contributed by atoms with Gasteiger partial charge in [-0.3, -0.25) is 4.79 Å². The van der Waals surface area contributed by atoms with Crippen molar-refractivity contribution >= 4 is 21.6 Å². The number of carbonyl (C=O) groups is 1. The summed E-state index contributed by atoms with van der Waals surface area (Å²) < 4.78 is 27.5. The largest absolute Gasteiger partial charge is 0.326 e. The minimum Gasteiger partial charge on any atom is -0.326 e. The Hall–Kier alpha value is -2.18. The Morgan fingerprint density at radius 3 is 2.23 bits per heavy atom. The summed E-state index contributed by atoms with van der Waals surface area (Å²) in [6, 6.07) is 13.1. The number of nitrogens with one attached hydrogen (secondary N) is 1. The SMILES string of the molecule is Cc1ccc(S(=O)(=O)N2CCC(C(=O)Nc3ccccc3C(C)(C)C)CC2)cc1C. The Morgan fingerprint density at radius 1 is 1.00 bits per heavy atom. The van der Waals surface area contributed by atoms with Gasteiger partial charge in [-0.2, -0.15) is 4.31 Å². The molecule has 6 heteroatoms. The molecule has 1 aliphatic heterocycles. The highest BCUT2D eigenvalue weighted by Crippen LogP contribution is 2.31. The molecule has 1 fully saturated rings. The second-order valence-corrected chi connectivity index (χ2v) is 11.1. The van der Waals surface area contributed by atoms with Gasteiger partial charge in [0.05, 0.1) is 4.90 Å². The highest BCUT2D eigenvalue weighted by Gasteiger charge is 2.32. The molecule has 0 spiro atoms. The zero-order valence-electron chi connectivity index (χ0n) is 18.5. The van der Waals surface area contributed by atoms with E-state index in [9.17, 15) is 13.2 Å². The second-order valence-electron chi connectivity index (χ2n) is 9.21. The van der Waals surface area contributed by atoms with Crippen LogP contribution in [0, 0.1) is 19.8 Å². The van der Waals surface area contributed by atoms with E-state index in [0.29, 0.717) is 30.8 Å². The van der Waals surface area contributed by atoms with Gasteiger partial charge in [-0.1, -0.05) is 45.0 Å². The van der Waals surface area contributed by atoms with Crippen LogP contribution in [0.15, 0.2) is 47.4 Å². The first-order valence-corrected chi connectivity index (χ1v) is 11.9. The van der Waals surface area contributed by atoms with E-state index in [4.69, 9.17) is 0 Å². The van der Waals surface area contributed by atoms with Gasteiger partial charge in [-0.15, -0.1) is 0 Å². The van der Waals surface area contributed by atoms with Gasteiger partial charge >= 0.3 is 0 Å². The number of rotatable bonds is 4. The van der Waals surface area contributed by atoms with E-state index in [1.54, 1.807) is 12.1 Å². The average molecular weight is 429 g/mol. The third-order valence-electron chi connectivity index (χ3n) is 5.93. The molecule has 0 saturated carbocycles. The number of nitrogens with zero attached hydrogens (tertiary/aromatic N) is 1. The van der Waals surface area contributed by atoms with Crippen LogP contribution < -0.4 is 5.32 Å². The normalized spacial score (nSPS) is 16.4. The number of para-hydroxylation sites is 1. The highest BCUT2D eigenvalue weighted by molar-refractivity contribution is 7.89. The van der Waals surface area contributed by atoms with Gasteiger partial charge in [-0.05, 0) is 67.0 Å². The lowest BCUT2D eigenvalue weighted by Crippen LogP contribution is -2.41. The van der Waals surface area contributed by atoms with E-state index in [0.717, 1.165) is 22.4 Å². The van der Waals surface area contributed by atoms with Crippen molar-refractivity contribution in [1.29, 1.82) is 0 Å². The molecule has 0 bridgehead atoms. The summed E-state index contributed by atoms with van der Waals surface area (Å²) in [6.45, 7) is 11.0. The summed E-state index contributed by atoms with van der Waals surface area (Å²) in [5.41, 5.74) is 3.88. The Bertz CT molecular complexity index is 1030. The Balaban J connectivity index is 1.67. The van der Waals surface area contributed by atoms with Gasteiger partial charge in [0.25, 0.3) is 0 Å². The van der Waals surface area contributed by atoms with Crippen LogP contribution in [0.5, 0.6) is 0 Å². The number of piperidine rings is 1. The van der Waals surface area contributed by atoms with Crippen molar-refractivity contribution in [2.75, 3.05) is 18.4 Å². The third kappa shape index (κ3) is 4.76. The van der Waals surface area contributed by atoms with Gasteiger partial charge in [0.15, 0.2) is 0 Å². The predicted molar refractivity (Wildman–Crippen MR) is 121 cm³/mol. The average Bonchev–Trinajstić information content (AvgIpc) is 2.69. The zero-order chi connectivity index (χ0) is 22.1. The first kappa shape index (κ1) is 22.5. The lowest BCUT2D eigenvalue weighted by atomic mass is 9.85. The van der Waals surface area contributed by atoms with Crippen LogP contribution in [0.3, 0.4) is 0 Å². The molecule has 2 aromatic carbocycles. The van der Waals surface area contributed by atoms with Crippen molar-refractivity contribution in [2.45, 2.75) is 57.8 Å². The topological polar surface area (TPSA) is 66.5 Å². The van der Waals surface area contributed by atoms with Gasteiger partial charge in [0.2, 0.25) is 15.9 Å². The Morgan fingerprint density at radius 2 is 1.63 bits per heavy atom. The van der Waals surface area contributed by atoms with Gasteiger partial charge < -0.3 is 5.32 Å². The molecule has 162 valence electrons. The van der Waals surface area contributed by atoms with Crippen LogP contribution in [-0.2, 0) is 20.2 Å². The maximum atomic E-state index is 13.0. The highest BCUT2D eigenvalue weighted by atomic mass is 32.2. The molecule has 1 N–H and O–H groups in total. The van der Waals surface area contributed by atoms with Gasteiger partial charge in [0, 0.05) is 24.7 Å². The third-order valence-corrected chi connectivity index (χ3v) is 7.83. The quantitative estimate of drug-likeness (QED) is 0.771. The molecule has 0 unspecified atom stereocenters. The number of sulfonamides is 1. The van der Waals surface area contributed by atoms with Gasteiger partial charge in [0.1, 0.15) is 0 Å². The summed E-state index contributed by atoms with van der Waals surface area (Å²) >= 11 is 0. The number of amides is 1. The molecule has 3 rings (SSSR count). The van der Waals surface area contributed by atoms with Crippen LogP contribution >= 0.6 is 0 Å². The molecule has 1 saturated heterocycles. The van der Waals surface area contributed by atoms with E-state index < -0.39 is 10.0 Å². The number of hydrogen-bond acceptors (Lipinski definition) is 3. The predicted octanol–water partition coefficient (Wildman–Crippen LogP) is 4.64. The van der Waals surface area contributed by atoms with Crippen molar-refractivity contribution in [3.63, 3.8) is 0 Å². The van der Waals surface area contributed by atoms with Crippen molar-refractivity contribution in [1.82, 2.24) is 4.31 Å². The molecule has 1 heterocycles. The maximum absolute atomic E-state index is 13.0. The van der Waals surface area contributed by atoms with E-state index >= 15 is 0 Å². The summed E-state index contributed by atoms with van der Waals surface area (Å²) in [6.07, 6.45) is 1.04. The van der Waals surface area contributed by atoms with E-state index in [-0.39, 0.29) is 17.2 Å². The molecule has 2 aromatic rings. The minimum absolute atomic E-state index is 0.0325. The van der Waals surface area contributed by atoms with Crippen LogP contribution in [0.25, 0.3) is 0 Å². The number of benzene rings is 2. The molecular weight excluding hydrogens is 396 g/mol. The summed E-state index contributed by atoms with van der Waals surface area (Å²) in [7, 11) is -3.53. The van der Waals surface area contributed by atoms with Crippen molar-refractivity contribution < 1.29 is 13.2 Å². The van der Waals surface area contributed by atoms with Gasteiger partial charge in [-0.25, -0.2) is 8.42 Å². The monoisotopic (exact) mass is 428 g/mol. The molecule has 0 radical (unpaired) electrons. The fourth-order valence-corrected chi connectivity index (χ4v) is 5.42. The van der Waals surface area contributed by atoms with Crippen molar-refractivity contribution in [3.05, 3.63) is 59.2 Å². The lowest BCUT2D eigenvalue weighted by Gasteiger charge is -2.31. The molecule has 0 aliphatic carbocycles. The molecular formula is C24H32N2O3S. The molecule has 1 amide bonds. The lowest BCUT2D eigenvalue weighted by molar-refractivity contribution is -0.120. The summed E-state index contributed by atoms with van der Waals surface area (Å²) in [5.74, 6) is -0.223. The molecule has 30 heavy (non-hydrogen) atoms. The van der Waals surface area contributed by atoms with Crippen LogP contribution in [0.1, 0.15) is 50.3 Å². The molecule has 0 aromatic heterocycles. The zero-order valence-corrected chi connectivity index (χ0v) is 19.3. The number of aryl methyl sites for hydroxylation is 2. The fourth-order valence-electron chi connectivity index (χ4n) is 3.86. The van der Waals surface area contributed by atoms with Crippen molar-refractivity contribution in [2.24, 2.45) is 5.92 Å². The van der Waals surface area contributed by atoms with E-state index in [1.807, 2.05) is 44.2 Å². The van der Waals surface area contributed by atoms with Crippen molar-refractivity contribution in [3.8, 4) is 0 Å². The number of anilines is 1. The fraction of sp³-hybridized carbons (Fsp3) is 0.458. The van der Waals surface area contributed by atoms with Crippen LogP contribution in [0.4, 0.5) is 5.69 Å². The maximum Gasteiger partial charge on any atom is 0.243 e. The standard InChI is InChI=1S/C24H32N2O3S/c1-17-10-11-20(16-18(17)2)30(28,29)26-14-12-19(13-15-26)23(27)25-22-9-7-6-8-21(22)24(3,4)5/h6-11,16,19H,12-15H2,1-5H3,(H,25,27). The molecule has 1 aliphatic rings. The Labute approximate surface area is 180 Å². The first-order valence-electron chi connectivity index (χ1n) is 10.5. The second kappa shape index (κ2) is 8.52. The molecule has 0 atom stereocenters. The first-order chi connectivity index (χ1) is 14.0. The summed E-state index contributed by atoms with van der Waals surface area (Å²) in [4.78, 5) is 13.2. The Kier molecular flexibility index (Phi) is 6.39. The smallest absolute Gasteiger partial charge is 0.243 e. The van der Waals surface area contributed by atoms with Crippen LogP contribution in [-0.4, -0.2) is 31.7 Å².